The van der Waals surface area contributed by atoms with Crippen molar-refractivity contribution in [2.45, 2.75) is 32.1 Å². The lowest BCUT2D eigenvalue weighted by atomic mass is 9.95. The van der Waals surface area contributed by atoms with Crippen molar-refractivity contribution < 1.29 is 4.79 Å². The van der Waals surface area contributed by atoms with E-state index in [1.807, 2.05) is 11.0 Å². The van der Waals surface area contributed by atoms with Gasteiger partial charge in [0.25, 0.3) is 0 Å². The number of carbonyl (C=O) groups excluding carboxylic acids is 1. The van der Waals surface area contributed by atoms with E-state index in [0.717, 1.165) is 57.7 Å². The maximum absolute atomic E-state index is 12.7. The summed E-state index contributed by atoms with van der Waals surface area (Å²) in [6.45, 7) is 3.52. The second kappa shape index (κ2) is 6.78. The lowest BCUT2D eigenvalue weighted by Crippen LogP contribution is -2.46. The first-order valence-electron chi connectivity index (χ1n) is 8.18. The first-order chi connectivity index (χ1) is 10.8. The number of nitriles is 1. The van der Waals surface area contributed by atoms with Gasteiger partial charge in [-0.3, -0.25) is 4.79 Å². The molecule has 2 saturated heterocycles. The van der Waals surface area contributed by atoms with Crippen LogP contribution in [0.4, 0.5) is 5.82 Å². The van der Waals surface area contributed by atoms with E-state index in [0.29, 0.717) is 11.5 Å². The number of nitrogens with zero attached hydrogens (tertiary/aromatic N) is 4. The molecule has 0 saturated carbocycles. The van der Waals surface area contributed by atoms with Gasteiger partial charge in [0.15, 0.2) is 0 Å². The normalized spacial score (nSPS) is 22.2. The van der Waals surface area contributed by atoms with Crippen LogP contribution >= 0.6 is 0 Å². The molecule has 3 rings (SSSR count). The van der Waals surface area contributed by atoms with Gasteiger partial charge in [-0.25, -0.2) is 4.98 Å². The van der Waals surface area contributed by atoms with E-state index in [4.69, 9.17) is 5.26 Å². The van der Waals surface area contributed by atoms with E-state index < -0.39 is 0 Å². The molecule has 2 aliphatic heterocycles. The summed E-state index contributed by atoms with van der Waals surface area (Å²) < 4.78 is 0. The maximum atomic E-state index is 12.7. The second-order valence-electron chi connectivity index (χ2n) is 6.19. The lowest BCUT2D eigenvalue weighted by molar-refractivity contribution is -0.136. The van der Waals surface area contributed by atoms with Crippen molar-refractivity contribution in [1.82, 2.24) is 9.88 Å². The summed E-state index contributed by atoms with van der Waals surface area (Å²) in [5.74, 6) is 1.28. The van der Waals surface area contributed by atoms with E-state index in [1.165, 1.54) is 6.42 Å². The fourth-order valence-corrected chi connectivity index (χ4v) is 3.40. The van der Waals surface area contributed by atoms with Crippen LogP contribution in [0.5, 0.6) is 0 Å². The highest BCUT2D eigenvalue weighted by molar-refractivity contribution is 5.79. The Balaban J connectivity index is 1.65. The van der Waals surface area contributed by atoms with Crippen molar-refractivity contribution in [3.05, 3.63) is 23.9 Å². The third-order valence-electron chi connectivity index (χ3n) is 4.64. The molecule has 1 atom stereocenters. The smallest absolute Gasteiger partial charge is 0.227 e. The Kier molecular flexibility index (Phi) is 4.57. The predicted octanol–water partition coefficient (Wildman–Crippen LogP) is 2.18. The first kappa shape index (κ1) is 14.8. The van der Waals surface area contributed by atoms with Crippen LogP contribution in [0.2, 0.25) is 0 Å². The van der Waals surface area contributed by atoms with Crippen LogP contribution < -0.4 is 4.90 Å². The molecule has 0 radical (unpaired) electrons. The fraction of sp³-hybridized carbons (Fsp3) is 0.588. The molecule has 0 N–H and O–H groups in total. The standard InChI is InChI=1S/C17H22N4O/c18-11-14-6-7-16(19-12-14)21-10-4-5-15(13-21)17(22)20-8-2-1-3-9-20/h6-7,12,15H,1-5,8-10,13H2. The van der Waals surface area contributed by atoms with Crippen LogP contribution in [-0.4, -0.2) is 42.0 Å². The Hall–Kier alpha value is -2.09. The molecule has 0 spiro atoms. The van der Waals surface area contributed by atoms with Crippen molar-refractivity contribution in [3.8, 4) is 6.07 Å². The first-order valence-corrected chi connectivity index (χ1v) is 8.18. The molecule has 116 valence electrons. The number of aromatic nitrogens is 1. The van der Waals surface area contributed by atoms with E-state index in [2.05, 4.69) is 16.0 Å². The molecule has 0 aliphatic carbocycles. The molecule has 5 nitrogen and oxygen atoms in total. The number of hydrogen-bond donors (Lipinski definition) is 0. The molecule has 0 bridgehead atoms. The highest BCUT2D eigenvalue weighted by Crippen LogP contribution is 2.24. The van der Waals surface area contributed by atoms with Crippen molar-refractivity contribution in [2.24, 2.45) is 5.92 Å². The number of rotatable bonds is 2. The van der Waals surface area contributed by atoms with Gasteiger partial charge in [0.2, 0.25) is 5.91 Å². The van der Waals surface area contributed by atoms with E-state index in [9.17, 15) is 4.79 Å². The number of anilines is 1. The third-order valence-corrected chi connectivity index (χ3v) is 4.64. The van der Waals surface area contributed by atoms with Crippen LogP contribution in [0.1, 0.15) is 37.7 Å². The van der Waals surface area contributed by atoms with Crippen LogP contribution in [0, 0.1) is 17.2 Å². The predicted molar refractivity (Wildman–Crippen MR) is 84.3 cm³/mol. The van der Waals surface area contributed by atoms with E-state index in [1.54, 1.807) is 12.3 Å². The zero-order chi connectivity index (χ0) is 15.4. The molecular weight excluding hydrogens is 276 g/mol. The molecule has 2 aliphatic rings. The van der Waals surface area contributed by atoms with Gasteiger partial charge in [-0.15, -0.1) is 0 Å². The summed E-state index contributed by atoms with van der Waals surface area (Å²) in [5.41, 5.74) is 0.571. The van der Waals surface area contributed by atoms with Gasteiger partial charge in [-0.2, -0.15) is 5.26 Å². The highest BCUT2D eigenvalue weighted by Gasteiger charge is 2.30. The number of pyridine rings is 1. The molecule has 3 heterocycles. The minimum atomic E-state index is 0.0873. The number of hydrogen-bond acceptors (Lipinski definition) is 4. The number of piperidine rings is 2. The van der Waals surface area contributed by atoms with Gasteiger partial charge < -0.3 is 9.80 Å². The van der Waals surface area contributed by atoms with Crippen molar-refractivity contribution in [3.63, 3.8) is 0 Å². The summed E-state index contributed by atoms with van der Waals surface area (Å²) in [5, 5.41) is 8.84. The average molecular weight is 298 g/mol. The molecule has 5 heteroatoms. The monoisotopic (exact) mass is 298 g/mol. The highest BCUT2D eigenvalue weighted by atomic mass is 16.2. The summed E-state index contributed by atoms with van der Waals surface area (Å²) in [6.07, 6.45) is 7.12. The lowest BCUT2D eigenvalue weighted by Gasteiger charge is -2.36. The Morgan fingerprint density at radius 2 is 2.00 bits per heavy atom. The van der Waals surface area contributed by atoms with Crippen LogP contribution in [-0.2, 0) is 4.79 Å². The minimum absolute atomic E-state index is 0.0873. The minimum Gasteiger partial charge on any atom is -0.356 e. The van der Waals surface area contributed by atoms with Gasteiger partial charge >= 0.3 is 0 Å². The summed E-state index contributed by atoms with van der Waals surface area (Å²) in [6, 6.07) is 5.76. The molecule has 1 aromatic rings. The third kappa shape index (κ3) is 3.22. The Labute approximate surface area is 131 Å². The van der Waals surface area contributed by atoms with Gasteiger partial charge in [0.05, 0.1) is 11.5 Å². The van der Waals surface area contributed by atoms with Gasteiger partial charge in [0, 0.05) is 32.4 Å². The van der Waals surface area contributed by atoms with Crippen molar-refractivity contribution in [1.29, 1.82) is 5.26 Å². The fourth-order valence-electron chi connectivity index (χ4n) is 3.40. The SMILES string of the molecule is N#Cc1ccc(N2CCCC(C(=O)N3CCCCC3)C2)nc1. The maximum Gasteiger partial charge on any atom is 0.227 e. The van der Waals surface area contributed by atoms with Crippen LogP contribution in [0.25, 0.3) is 0 Å². The number of likely N-dealkylation sites (tertiary alicyclic amines) is 1. The zero-order valence-corrected chi connectivity index (χ0v) is 12.9. The Morgan fingerprint density at radius 3 is 2.68 bits per heavy atom. The molecular formula is C17H22N4O. The largest absolute Gasteiger partial charge is 0.356 e. The average Bonchev–Trinajstić information content (AvgIpc) is 2.62. The molecule has 0 aromatic carbocycles. The Bertz CT molecular complexity index is 557. The quantitative estimate of drug-likeness (QED) is 0.839. The summed E-state index contributed by atoms with van der Waals surface area (Å²) in [7, 11) is 0. The number of carbonyl (C=O) groups is 1. The van der Waals surface area contributed by atoms with Gasteiger partial charge in [-0.1, -0.05) is 0 Å². The number of amides is 1. The van der Waals surface area contributed by atoms with Crippen molar-refractivity contribution in [2.75, 3.05) is 31.1 Å². The van der Waals surface area contributed by atoms with Crippen molar-refractivity contribution >= 4 is 11.7 Å². The van der Waals surface area contributed by atoms with Gasteiger partial charge in [0.1, 0.15) is 11.9 Å². The van der Waals surface area contributed by atoms with Crippen LogP contribution in [0.15, 0.2) is 18.3 Å². The molecule has 1 aromatic heterocycles. The molecule has 22 heavy (non-hydrogen) atoms. The van der Waals surface area contributed by atoms with Crippen LogP contribution in [0.3, 0.4) is 0 Å². The second-order valence-corrected chi connectivity index (χ2v) is 6.19. The van der Waals surface area contributed by atoms with E-state index >= 15 is 0 Å². The summed E-state index contributed by atoms with van der Waals surface area (Å²) >= 11 is 0. The molecule has 1 amide bonds. The Morgan fingerprint density at radius 1 is 1.18 bits per heavy atom. The molecule has 1 unspecified atom stereocenters. The molecule has 2 fully saturated rings. The summed E-state index contributed by atoms with van der Waals surface area (Å²) in [4.78, 5) is 21.2. The topological polar surface area (TPSA) is 60.2 Å². The van der Waals surface area contributed by atoms with E-state index in [-0.39, 0.29) is 5.92 Å². The van der Waals surface area contributed by atoms with Gasteiger partial charge in [-0.05, 0) is 44.2 Å². The zero-order valence-electron chi connectivity index (χ0n) is 12.9.